The fourth-order valence-corrected chi connectivity index (χ4v) is 3.07. The summed E-state index contributed by atoms with van der Waals surface area (Å²) in [5.74, 6) is 0. The average Bonchev–Trinajstić information content (AvgIpc) is 2.94. The molecule has 0 amide bonds. The normalized spacial score (nSPS) is 11.2. The third-order valence-electron chi connectivity index (χ3n) is 3.86. The van der Waals surface area contributed by atoms with E-state index in [-0.39, 0.29) is 10.6 Å². The molecule has 0 unspecified atom stereocenters. The number of aromatic nitrogens is 2. The summed E-state index contributed by atoms with van der Waals surface area (Å²) in [7, 11) is 0. The molecule has 0 saturated heterocycles. The van der Waals surface area contributed by atoms with E-state index in [4.69, 9.17) is 11.6 Å². The molecule has 6 heteroatoms. The number of para-hydroxylation sites is 1. The van der Waals surface area contributed by atoms with E-state index in [1.165, 1.54) is 6.07 Å². The Morgan fingerprint density at radius 2 is 1.78 bits per heavy atom. The summed E-state index contributed by atoms with van der Waals surface area (Å²) in [6, 6.07) is 14.3. The molecule has 112 valence electrons. The minimum absolute atomic E-state index is 0.0452. The van der Waals surface area contributed by atoms with Crippen LogP contribution in [0, 0.1) is 10.1 Å². The quantitative estimate of drug-likeness (QED) is 0.419. The number of pyridine rings is 1. The third-order valence-corrected chi connectivity index (χ3v) is 4.19. The van der Waals surface area contributed by atoms with E-state index in [9.17, 15) is 10.1 Å². The van der Waals surface area contributed by atoms with Crippen LogP contribution in [-0.4, -0.2) is 14.9 Å². The van der Waals surface area contributed by atoms with Crippen LogP contribution in [0.3, 0.4) is 0 Å². The Morgan fingerprint density at radius 3 is 2.57 bits per heavy atom. The van der Waals surface area contributed by atoms with Crippen molar-refractivity contribution in [2.45, 2.75) is 0 Å². The summed E-state index contributed by atoms with van der Waals surface area (Å²) >= 11 is 6.28. The number of halogens is 1. The Balaban J connectivity index is 2.13. The van der Waals surface area contributed by atoms with Gasteiger partial charge in [0, 0.05) is 28.6 Å². The second-order valence-electron chi connectivity index (χ2n) is 5.14. The first kappa shape index (κ1) is 13.7. The minimum atomic E-state index is -0.389. The van der Waals surface area contributed by atoms with Gasteiger partial charge >= 0.3 is 0 Å². The number of rotatable bonds is 2. The van der Waals surface area contributed by atoms with E-state index in [1.54, 1.807) is 18.3 Å². The summed E-state index contributed by atoms with van der Waals surface area (Å²) in [5.41, 5.74) is 2.75. The molecule has 4 rings (SSSR count). The number of non-ortho nitro benzene ring substituents is 1. The molecule has 2 aromatic heterocycles. The fraction of sp³-hybridized carbons (Fsp3) is 0. The van der Waals surface area contributed by atoms with E-state index in [1.807, 2.05) is 30.3 Å². The summed E-state index contributed by atoms with van der Waals surface area (Å²) in [5, 5.41) is 13.5. The zero-order chi connectivity index (χ0) is 16.0. The lowest BCUT2D eigenvalue weighted by Crippen LogP contribution is -1.88. The van der Waals surface area contributed by atoms with E-state index in [0.717, 1.165) is 21.9 Å². The van der Waals surface area contributed by atoms with Crippen LogP contribution >= 0.6 is 11.6 Å². The number of fused-ring (bicyclic) bond motifs is 3. The molecular weight excluding hydrogens is 314 g/mol. The van der Waals surface area contributed by atoms with Crippen molar-refractivity contribution in [2.24, 2.45) is 0 Å². The summed E-state index contributed by atoms with van der Waals surface area (Å²) < 4.78 is 0. The number of nitrogens with zero attached hydrogens (tertiary/aromatic N) is 2. The van der Waals surface area contributed by atoms with Gasteiger partial charge in [0.25, 0.3) is 5.69 Å². The molecule has 0 bridgehead atoms. The predicted octanol–water partition coefficient (Wildman–Crippen LogP) is 4.94. The van der Waals surface area contributed by atoms with Crippen molar-refractivity contribution in [3.8, 4) is 11.3 Å². The van der Waals surface area contributed by atoms with Gasteiger partial charge in [0.15, 0.2) is 0 Å². The van der Waals surface area contributed by atoms with Crippen molar-refractivity contribution in [1.29, 1.82) is 0 Å². The van der Waals surface area contributed by atoms with Crippen LogP contribution in [0.15, 0.2) is 54.7 Å². The zero-order valence-electron chi connectivity index (χ0n) is 11.8. The van der Waals surface area contributed by atoms with Gasteiger partial charge in [-0.25, -0.2) is 0 Å². The summed E-state index contributed by atoms with van der Waals surface area (Å²) in [6.45, 7) is 0. The third kappa shape index (κ3) is 2.05. The number of hydrogen-bond donors (Lipinski definition) is 1. The Bertz CT molecular complexity index is 1070. The lowest BCUT2D eigenvalue weighted by atomic mass is 10.1. The largest absolute Gasteiger partial charge is 0.347 e. The standard InChI is InChI=1S/C17H10ClN3O2/c18-13-6-2-1-4-12(13)16-17-11(8-9-19-16)10-5-3-7-14(21(22)23)15(10)20-17/h1-9,20H. The number of benzene rings is 2. The Morgan fingerprint density at radius 1 is 1.00 bits per heavy atom. The molecule has 23 heavy (non-hydrogen) atoms. The van der Waals surface area contributed by atoms with Crippen molar-refractivity contribution in [3.05, 3.63) is 69.9 Å². The van der Waals surface area contributed by atoms with Gasteiger partial charge in [0.1, 0.15) is 5.52 Å². The number of H-pyrrole nitrogens is 1. The molecule has 0 spiro atoms. The highest BCUT2D eigenvalue weighted by Gasteiger charge is 2.18. The predicted molar refractivity (Wildman–Crippen MR) is 90.7 cm³/mol. The second-order valence-corrected chi connectivity index (χ2v) is 5.55. The zero-order valence-corrected chi connectivity index (χ0v) is 12.5. The maximum atomic E-state index is 11.2. The first-order valence-corrected chi connectivity index (χ1v) is 7.33. The molecular formula is C17H10ClN3O2. The van der Waals surface area contributed by atoms with Gasteiger partial charge in [-0.15, -0.1) is 0 Å². The molecule has 0 aliphatic heterocycles. The highest BCUT2D eigenvalue weighted by molar-refractivity contribution is 6.33. The van der Waals surface area contributed by atoms with Crippen LogP contribution in [-0.2, 0) is 0 Å². The Labute approximate surface area is 135 Å². The second kappa shape index (κ2) is 5.07. The number of hydrogen-bond acceptors (Lipinski definition) is 3. The lowest BCUT2D eigenvalue weighted by Gasteiger charge is -2.04. The molecule has 4 aromatic rings. The lowest BCUT2D eigenvalue weighted by molar-refractivity contribution is -0.383. The summed E-state index contributed by atoms with van der Waals surface area (Å²) in [4.78, 5) is 18.4. The van der Waals surface area contributed by atoms with E-state index >= 15 is 0 Å². The van der Waals surface area contributed by atoms with Crippen molar-refractivity contribution in [2.75, 3.05) is 0 Å². The first-order chi connectivity index (χ1) is 11.2. The maximum Gasteiger partial charge on any atom is 0.293 e. The molecule has 0 aliphatic carbocycles. The van der Waals surface area contributed by atoms with Gasteiger partial charge < -0.3 is 4.98 Å². The monoisotopic (exact) mass is 323 g/mol. The van der Waals surface area contributed by atoms with Crippen LogP contribution in [0.1, 0.15) is 0 Å². The molecule has 2 heterocycles. The fourth-order valence-electron chi connectivity index (χ4n) is 2.84. The van der Waals surface area contributed by atoms with Crippen molar-refractivity contribution in [1.82, 2.24) is 9.97 Å². The molecule has 0 saturated carbocycles. The van der Waals surface area contributed by atoms with Gasteiger partial charge in [-0.3, -0.25) is 15.1 Å². The van der Waals surface area contributed by atoms with Crippen molar-refractivity contribution >= 4 is 39.1 Å². The topological polar surface area (TPSA) is 71.8 Å². The van der Waals surface area contributed by atoms with Crippen molar-refractivity contribution < 1.29 is 4.92 Å². The number of nitrogens with one attached hydrogen (secondary N) is 1. The highest BCUT2D eigenvalue weighted by atomic mass is 35.5. The first-order valence-electron chi connectivity index (χ1n) is 6.95. The Hall–Kier alpha value is -2.92. The van der Waals surface area contributed by atoms with Gasteiger partial charge in [0.2, 0.25) is 0 Å². The van der Waals surface area contributed by atoms with Gasteiger partial charge in [-0.1, -0.05) is 41.9 Å². The van der Waals surface area contributed by atoms with Gasteiger partial charge in [0.05, 0.1) is 21.2 Å². The molecule has 0 radical (unpaired) electrons. The average molecular weight is 324 g/mol. The maximum absolute atomic E-state index is 11.2. The van der Waals surface area contributed by atoms with Gasteiger partial charge in [-0.05, 0) is 12.1 Å². The molecule has 2 aromatic carbocycles. The molecule has 1 N–H and O–H groups in total. The van der Waals surface area contributed by atoms with Crippen LogP contribution in [0.4, 0.5) is 5.69 Å². The van der Waals surface area contributed by atoms with E-state index in [0.29, 0.717) is 16.2 Å². The van der Waals surface area contributed by atoms with Gasteiger partial charge in [-0.2, -0.15) is 0 Å². The smallest absolute Gasteiger partial charge is 0.293 e. The minimum Gasteiger partial charge on any atom is -0.347 e. The SMILES string of the molecule is O=[N+]([O-])c1cccc2c1[nH]c1c(-c3ccccc3Cl)nccc12. The number of nitro benzene ring substituents is 1. The molecule has 0 fully saturated rings. The molecule has 0 aliphatic rings. The number of nitro groups is 1. The van der Waals surface area contributed by atoms with Crippen LogP contribution in [0.25, 0.3) is 33.1 Å². The van der Waals surface area contributed by atoms with E-state index in [2.05, 4.69) is 9.97 Å². The van der Waals surface area contributed by atoms with Crippen molar-refractivity contribution in [3.63, 3.8) is 0 Å². The molecule has 0 atom stereocenters. The highest BCUT2D eigenvalue weighted by Crippen LogP contribution is 2.36. The van der Waals surface area contributed by atoms with Crippen LogP contribution < -0.4 is 0 Å². The molecule has 5 nitrogen and oxygen atoms in total. The summed E-state index contributed by atoms with van der Waals surface area (Å²) in [6.07, 6.45) is 1.69. The van der Waals surface area contributed by atoms with Crippen LogP contribution in [0.2, 0.25) is 5.02 Å². The van der Waals surface area contributed by atoms with Crippen LogP contribution in [0.5, 0.6) is 0 Å². The van der Waals surface area contributed by atoms with E-state index < -0.39 is 0 Å². The number of aromatic amines is 1. The Kier molecular flexibility index (Phi) is 3.02.